The average molecular weight is 496 g/mol. The number of pyridine rings is 1. The lowest BCUT2D eigenvalue weighted by molar-refractivity contribution is -0.116. The summed E-state index contributed by atoms with van der Waals surface area (Å²) in [5.41, 5.74) is 0.105. The Morgan fingerprint density at radius 3 is 2.81 bits per heavy atom. The highest BCUT2D eigenvalue weighted by Crippen LogP contribution is 2.77. The van der Waals surface area contributed by atoms with Gasteiger partial charge in [-0.05, 0) is 43.0 Å². The first-order valence-electron chi connectivity index (χ1n) is 11.3. The fourth-order valence-electron chi connectivity index (χ4n) is 4.96. The van der Waals surface area contributed by atoms with E-state index in [9.17, 15) is 27.9 Å². The van der Waals surface area contributed by atoms with Gasteiger partial charge >= 0.3 is 6.03 Å². The minimum absolute atomic E-state index is 0.0309. The van der Waals surface area contributed by atoms with Crippen molar-refractivity contribution >= 4 is 23.4 Å². The van der Waals surface area contributed by atoms with Gasteiger partial charge in [-0.15, -0.1) is 0 Å². The zero-order chi connectivity index (χ0) is 25.2. The number of aromatic hydroxyl groups is 1. The number of nitrogens with one attached hydrogen (secondary N) is 3. The maximum absolute atomic E-state index is 13.9. The standard InChI is InChI=1S/C25H19F3N4O4/c26-11-7-16(27)22(28)17(8-11)30-24(35)32-25-10-15(25)21(25)14-9-12(1-3-18(14)33)36-19-5-6-29-23-13(19)2-4-20(34)31-23/h1,3,5-9,15,21,33H,2,4,10H2,(H,29,31,34)(H2,30,32,35)/t15-,21+,25-/m0/s1. The molecule has 3 aromatic rings. The zero-order valence-electron chi connectivity index (χ0n) is 18.6. The van der Waals surface area contributed by atoms with Crippen molar-refractivity contribution in [2.75, 3.05) is 10.6 Å². The molecule has 3 amide bonds. The van der Waals surface area contributed by atoms with Gasteiger partial charge in [0.2, 0.25) is 5.91 Å². The van der Waals surface area contributed by atoms with E-state index in [2.05, 4.69) is 20.9 Å². The highest BCUT2D eigenvalue weighted by molar-refractivity contribution is 5.93. The number of halogens is 3. The Hall–Kier alpha value is -4.28. The van der Waals surface area contributed by atoms with E-state index >= 15 is 0 Å². The Labute approximate surface area is 202 Å². The van der Waals surface area contributed by atoms with Gasteiger partial charge in [-0.2, -0.15) is 0 Å². The number of anilines is 2. The number of phenolic OH excluding ortho intramolecular Hbond substituents is 1. The number of nitrogens with zero attached hydrogens (tertiary/aromatic N) is 1. The molecule has 3 atom stereocenters. The summed E-state index contributed by atoms with van der Waals surface area (Å²) in [5, 5.41) is 18.1. The number of benzene rings is 2. The van der Waals surface area contributed by atoms with E-state index in [0.717, 1.165) is 5.56 Å². The van der Waals surface area contributed by atoms with Gasteiger partial charge in [-0.3, -0.25) is 4.79 Å². The smallest absolute Gasteiger partial charge is 0.319 e. The zero-order valence-corrected chi connectivity index (χ0v) is 18.6. The van der Waals surface area contributed by atoms with Crippen LogP contribution in [0.25, 0.3) is 0 Å². The average Bonchev–Trinajstić information content (AvgIpc) is 3.69. The third-order valence-electron chi connectivity index (χ3n) is 6.93. The number of carbonyl (C=O) groups is 2. The first kappa shape index (κ1) is 22.2. The Bertz CT molecular complexity index is 1450. The van der Waals surface area contributed by atoms with E-state index in [0.29, 0.717) is 54.3 Å². The van der Waals surface area contributed by atoms with Crippen LogP contribution >= 0.6 is 0 Å². The van der Waals surface area contributed by atoms with Crippen molar-refractivity contribution < 1.29 is 32.6 Å². The second kappa shape index (κ2) is 7.87. The molecule has 0 bridgehead atoms. The van der Waals surface area contributed by atoms with Crippen molar-refractivity contribution in [3.8, 4) is 17.2 Å². The van der Waals surface area contributed by atoms with Crippen molar-refractivity contribution in [1.82, 2.24) is 10.3 Å². The molecular formula is C25H19F3N4O4. The Morgan fingerprint density at radius 1 is 1.17 bits per heavy atom. The van der Waals surface area contributed by atoms with Gasteiger partial charge in [-0.1, -0.05) is 0 Å². The first-order chi connectivity index (χ1) is 17.2. The monoisotopic (exact) mass is 496 g/mol. The van der Waals surface area contributed by atoms with Crippen LogP contribution in [0, 0.1) is 23.4 Å². The number of rotatable bonds is 5. The van der Waals surface area contributed by atoms with Crippen LogP contribution in [0.15, 0.2) is 42.6 Å². The molecule has 11 heteroatoms. The number of amides is 3. The second-order valence-electron chi connectivity index (χ2n) is 9.16. The lowest BCUT2D eigenvalue weighted by Gasteiger charge is -2.20. The van der Waals surface area contributed by atoms with Crippen molar-refractivity contribution in [3.63, 3.8) is 0 Å². The molecule has 0 saturated heterocycles. The maximum Gasteiger partial charge on any atom is 0.319 e. The Kier molecular flexibility index (Phi) is 4.85. The van der Waals surface area contributed by atoms with Crippen LogP contribution in [0.2, 0.25) is 0 Å². The third-order valence-corrected chi connectivity index (χ3v) is 6.93. The van der Waals surface area contributed by atoms with E-state index in [4.69, 9.17) is 4.74 Å². The summed E-state index contributed by atoms with van der Waals surface area (Å²) < 4.78 is 46.8. The van der Waals surface area contributed by atoms with Crippen molar-refractivity contribution in [1.29, 1.82) is 0 Å². The molecule has 2 fully saturated rings. The fourth-order valence-corrected chi connectivity index (χ4v) is 4.96. The van der Waals surface area contributed by atoms with Gasteiger partial charge in [0.05, 0.1) is 11.2 Å². The lowest BCUT2D eigenvalue weighted by atomic mass is 9.99. The van der Waals surface area contributed by atoms with E-state index in [1.54, 1.807) is 18.2 Å². The molecule has 2 aliphatic carbocycles. The highest BCUT2D eigenvalue weighted by Gasteiger charge is 2.80. The molecule has 6 rings (SSSR count). The lowest BCUT2D eigenvalue weighted by Crippen LogP contribution is -2.36. The molecule has 0 radical (unpaired) electrons. The van der Waals surface area contributed by atoms with Gasteiger partial charge in [-0.25, -0.2) is 22.9 Å². The highest BCUT2D eigenvalue weighted by atomic mass is 19.2. The largest absolute Gasteiger partial charge is 0.508 e. The fraction of sp³-hybridized carbons (Fsp3) is 0.240. The molecule has 2 aromatic carbocycles. The molecular weight excluding hydrogens is 477 g/mol. The van der Waals surface area contributed by atoms with Gasteiger partial charge in [0.1, 0.15) is 28.9 Å². The van der Waals surface area contributed by atoms with Crippen LogP contribution in [0.3, 0.4) is 0 Å². The Balaban J connectivity index is 1.18. The van der Waals surface area contributed by atoms with Crippen LogP contribution in [0.4, 0.5) is 29.5 Å². The predicted molar refractivity (Wildman–Crippen MR) is 121 cm³/mol. The van der Waals surface area contributed by atoms with Gasteiger partial charge in [0.25, 0.3) is 0 Å². The molecule has 1 aromatic heterocycles. The van der Waals surface area contributed by atoms with Crippen LogP contribution < -0.4 is 20.7 Å². The van der Waals surface area contributed by atoms with Crippen LogP contribution in [0.5, 0.6) is 17.2 Å². The SMILES string of the molecule is O=C1CCc2c(Oc3ccc(O)c([C@@H]4[C@@H]5C[C@@]45NC(=O)Nc4cc(F)cc(F)c4F)c3)ccnc2N1. The van der Waals surface area contributed by atoms with E-state index in [1.165, 1.54) is 12.3 Å². The summed E-state index contributed by atoms with van der Waals surface area (Å²) in [7, 11) is 0. The number of aromatic nitrogens is 1. The predicted octanol–water partition coefficient (Wildman–Crippen LogP) is 4.56. The van der Waals surface area contributed by atoms with Crippen molar-refractivity contribution in [2.24, 2.45) is 5.92 Å². The van der Waals surface area contributed by atoms with Gasteiger partial charge < -0.3 is 25.8 Å². The molecule has 2 heterocycles. The second-order valence-corrected chi connectivity index (χ2v) is 9.16. The van der Waals surface area contributed by atoms with E-state index in [-0.39, 0.29) is 23.5 Å². The summed E-state index contributed by atoms with van der Waals surface area (Å²) >= 11 is 0. The Morgan fingerprint density at radius 2 is 2.00 bits per heavy atom. The third kappa shape index (κ3) is 3.67. The topological polar surface area (TPSA) is 113 Å². The number of urea groups is 1. The van der Waals surface area contributed by atoms with Crippen LogP contribution in [-0.2, 0) is 11.2 Å². The number of hydrogen-bond donors (Lipinski definition) is 4. The van der Waals surface area contributed by atoms with E-state index < -0.39 is 34.7 Å². The molecule has 2 saturated carbocycles. The van der Waals surface area contributed by atoms with Crippen LogP contribution in [-0.4, -0.2) is 27.6 Å². The molecule has 1 aliphatic heterocycles. The molecule has 4 N–H and O–H groups in total. The summed E-state index contributed by atoms with van der Waals surface area (Å²) in [4.78, 5) is 28.3. The minimum Gasteiger partial charge on any atom is -0.508 e. The molecule has 184 valence electrons. The normalized spacial score (nSPS) is 23.1. The van der Waals surface area contributed by atoms with E-state index in [1.807, 2.05) is 0 Å². The number of ether oxygens (including phenoxy) is 1. The summed E-state index contributed by atoms with van der Waals surface area (Å²) in [6, 6.07) is 6.76. The molecule has 0 unspecified atom stereocenters. The van der Waals surface area contributed by atoms with Crippen molar-refractivity contribution in [2.45, 2.75) is 30.7 Å². The summed E-state index contributed by atoms with van der Waals surface area (Å²) in [5.74, 6) is -2.56. The van der Waals surface area contributed by atoms with Gasteiger partial charge in [0.15, 0.2) is 11.6 Å². The summed E-state index contributed by atoms with van der Waals surface area (Å²) in [6.45, 7) is 0. The number of carbonyl (C=O) groups excluding carboxylic acids is 2. The molecule has 36 heavy (non-hydrogen) atoms. The maximum atomic E-state index is 13.9. The van der Waals surface area contributed by atoms with Crippen LogP contribution in [0.1, 0.15) is 29.9 Å². The van der Waals surface area contributed by atoms with Gasteiger partial charge in [0, 0.05) is 41.8 Å². The molecule has 8 nitrogen and oxygen atoms in total. The quantitative estimate of drug-likeness (QED) is 0.387. The number of hydrogen-bond acceptors (Lipinski definition) is 5. The number of phenols is 1. The first-order valence-corrected chi connectivity index (χ1v) is 11.3. The van der Waals surface area contributed by atoms with Crippen molar-refractivity contribution in [3.05, 3.63) is 71.2 Å². The summed E-state index contributed by atoms with van der Waals surface area (Å²) in [6.07, 6.45) is 2.98. The minimum atomic E-state index is -1.41. The molecule has 0 spiro atoms. The molecule has 3 aliphatic rings. The number of fused-ring (bicyclic) bond motifs is 2.